The zero-order chi connectivity index (χ0) is 14.1. The number of hydrogen-bond acceptors (Lipinski definition) is 3. The molecular formula is C16H17BrN2O. The summed E-state index contributed by atoms with van der Waals surface area (Å²) in [5.41, 5.74) is 10.1. The molecule has 3 nitrogen and oxygen atoms in total. The van der Waals surface area contributed by atoms with E-state index in [0.717, 1.165) is 34.3 Å². The first-order valence-corrected chi connectivity index (χ1v) is 7.53. The molecule has 1 aromatic heterocycles. The molecule has 2 N–H and O–H groups in total. The van der Waals surface area contributed by atoms with Gasteiger partial charge in [-0.05, 0) is 48.2 Å². The summed E-state index contributed by atoms with van der Waals surface area (Å²) in [7, 11) is 1.67. The maximum absolute atomic E-state index is 6.51. The van der Waals surface area contributed by atoms with Gasteiger partial charge in [-0.25, -0.2) is 0 Å². The van der Waals surface area contributed by atoms with Gasteiger partial charge in [0, 0.05) is 28.3 Å². The van der Waals surface area contributed by atoms with Crippen LogP contribution in [0.3, 0.4) is 0 Å². The Labute approximate surface area is 127 Å². The second-order valence-corrected chi connectivity index (χ2v) is 5.96. The van der Waals surface area contributed by atoms with E-state index >= 15 is 0 Å². The largest absolute Gasteiger partial charge is 0.497 e. The highest BCUT2D eigenvalue weighted by atomic mass is 79.9. The van der Waals surface area contributed by atoms with Crippen molar-refractivity contribution in [1.82, 2.24) is 4.98 Å². The van der Waals surface area contributed by atoms with Crippen LogP contribution in [0, 0.1) is 0 Å². The maximum atomic E-state index is 6.51. The first-order chi connectivity index (χ1) is 9.70. The summed E-state index contributed by atoms with van der Waals surface area (Å²) in [6, 6.07) is 10.00. The van der Waals surface area contributed by atoms with E-state index in [1.54, 1.807) is 7.11 Å². The lowest BCUT2D eigenvalue weighted by molar-refractivity contribution is 0.413. The lowest BCUT2D eigenvalue weighted by Crippen LogP contribution is -2.19. The van der Waals surface area contributed by atoms with Gasteiger partial charge in [0.05, 0.1) is 7.11 Å². The molecule has 2 atom stereocenters. The van der Waals surface area contributed by atoms with Crippen LogP contribution in [-0.4, -0.2) is 12.1 Å². The van der Waals surface area contributed by atoms with Crippen molar-refractivity contribution in [3.8, 4) is 5.75 Å². The average molecular weight is 333 g/mol. The van der Waals surface area contributed by atoms with Gasteiger partial charge >= 0.3 is 0 Å². The molecule has 0 aliphatic heterocycles. The van der Waals surface area contributed by atoms with Crippen molar-refractivity contribution in [2.24, 2.45) is 5.73 Å². The minimum Gasteiger partial charge on any atom is -0.497 e. The molecule has 20 heavy (non-hydrogen) atoms. The third kappa shape index (κ3) is 2.34. The number of aromatic nitrogens is 1. The Balaban J connectivity index is 1.96. The molecule has 1 aliphatic carbocycles. The van der Waals surface area contributed by atoms with Crippen LogP contribution in [0.4, 0.5) is 0 Å². The zero-order valence-electron chi connectivity index (χ0n) is 11.3. The molecule has 4 heteroatoms. The van der Waals surface area contributed by atoms with E-state index in [-0.39, 0.29) is 12.0 Å². The first-order valence-electron chi connectivity index (χ1n) is 6.73. The second kappa shape index (κ2) is 5.54. The molecule has 0 fully saturated rings. The summed E-state index contributed by atoms with van der Waals surface area (Å²) in [6.45, 7) is 0. The van der Waals surface area contributed by atoms with Gasteiger partial charge in [-0.1, -0.05) is 22.0 Å². The average Bonchev–Trinajstić information content (AvgIpc) is 2.91. The van der Waals surface area contributed by atoms with Crippen molar-refractivity contribution in [2.45, 2.75) is 24.8 Å². The number of halogens is 1. The topological polar surface area (TPSA) is 48.1 Å². The van der Waals surface area contributed by atoms with Gasteiger partial charge in [-0.2, -0.15) is 0 Å². The molecule has 2 unspecified atom stereocenters. The number of fused-ring (bicyclic) bond motifs is 1. The van der Waals surface area contributed by atoms with Gasteiger partial charge in [0.15, 0.2) is 0 Å². The molecule has 1 heterocycles. The van der Waals surface area contributed by atoms with Gasteiger partial charge in [0.1, 0.15) is 5.75 Å². The van der Waals surface area contributed by atoms with Crippen molar-refractivity contribution in [2.75, 3.05) is 7.11 Å². The smallest absolute Gasteiger partial charge is 0.119 e. The number of rotatable bonds is 3. The van der Waals surface area contributed by atoms with Crippen LogP contribution in [0.2, 0.25) is 0 Å². The van der Waals surface area contributed by atoms with Crippen LogP contribution in [0.5, 0.6) is 5.75 Å². The summed E-state index contributed by atoms with van der Waals surface area (Å²) in [4.78, 5) is 4.53. The fraction of sp³-hybridized carbons (Fsp3) is 0.312. The molecule has 104 valence electrons. The Morgan fingerprint density at radius 1 is 1.40 bits per heavy atom. The quantitative estimate of drug-likeness (QED) is 0.934. The van der Waals surface area contributed by atoms with Gasteiger partial charge in [0.2, 0.25) is 0 Å². The van der Waals surface area contributed by atoms with Gasteiger partial charge in [-0.3, -0.25) is 4.98 Å². The third-order valence-corrected chi connectivity index (χ3v) is 4.72. The fourth-order valence-electron chi connectivity index (χ4n) is 2.91. The molecule has 0 saturated heterocycles. The molecule has 2 aromatic rings. The standard InChI is InChI=1S/C16H17BrN2O/c1-20-11-5-7-14(17)13(9-11)15(18)12-6-4-10-3-2-8-19-16(10)12/h2-3,5,7-9,12,15H,4,6,18H2,1H3. The summed E-state index contributed by atoms with van der Waals surface area (Å²) in [5.74, 6) is 1.10. The lowest BCUT2D eigenvalue weighted by atomic mass is 9.91. The SMILES string of the molecule is COc1ccc(Br)c(C(N)C2CCc3cccnc32)c1. The Kier molecular flexibility index (Phi) is 3.76. The number of nitrogens with two attached hydrogens (primary N) is 1. The zero-order valence-corrected chi connectivity index (χ0v) is 12.9. The molecule has 0 spiro atoms. The number of aryl methyl sites for hydroxylation is 1. The number of ether oxygens (including phenoxy) is 1. The number of methoxy groups -OCH3 is 1. The lowest BCUT2D eigenvalue weighted by Gasteiger charge is -2.21. The first kappa shape index (κ1) is 13.6. The molecule has 0 bridgehead atoms. The molecule has 1 aromatic carbocycles. The third-order valence-electron chi connectivity index (χ3n) is 4.00. The van der Waals surface area contributed by atoms with E-state index in [9.17, 15) is 0 Å². The minimum atomic E-state index is -0.0735. The fourth-order valence-corrected chi connectivity index (χ4v) is 3.43. The van der Waals surface area contributed by atoms with Crippen molar-refractivity contribution in [3.05, 3.63) is 57.8 Å². The summed E-state index contributed by atoms with van der Waals surface area (Å²) < 4.78 is 6.32. The second-order valence-electron chi connectivity index (χ2n) is 5.11. The predicted octanol–water partition coefficient (Wildman–Crippen LogP) is 3.58. The van der Waals surface area contributed by atoms with E-state index in [0.29, 0.717) is 0 Å². The van der Waals surface area contributed by atoms with Crippen LogP contribution in [0.25, 0.3) is 0 Å². The summed E-state index contributed by atoms with van der Waals surface area (Å²) >= 11 is 3.59. The van der Waals surface area contributed by atoms with Gasteiger partial charge < -0.3 is 10.5 Å². The molecule has 0 radical (unpaired) electrons. The van der Waals surface area contributed by atoms with E-state index in [2.05, 4.69) is 27.0 Å². The van der Waals surface area contributed by atoms with Crippen LogP contribution in [0.1, 0.15) is 35.2 Å². The molecular weight excluding hydrogens is 316 g/mol. The minimum absolute atomic E-state index is 0.0735. The van der Waals surface area contributed by atoms with Crippen molar-refractivity contribution < 1.29 is 4.74 Å². The van der Waals surface area contributed by atoms with Crippen LogP contribution in [-0.2, 0) is 6.42 Å². The van der Waals surface area contributed by atoms with Crippen LogP contribution >= 0.6 is 15.9 Å². The monoisotopic (exact) mass is 332 g/mol. The number of nitrogens with zero attached hydrogens (tertiary/aromatic N) is 1. The molecule has 0 saturated carbocycles. The van der Waals surface area contributed by atoms with Gasteiger partial charge in [-0.15, -0.1) is 0 Å². The molecule has 0 amide bonds. The highest BCUT2D eigenvalue weighted by Crippen LogP contribution is 2.41. The Hall–Kier alpha value is -1.39. The van der Waals surface area contributed by atoms with Crippen LogP contribution < -0.4 is 10.5 Å². The Bertz CT molecular complexity index is 630. The Morgan fingerprint density at radius 3 is 3.05 bits per heavy atom. The number of hydrogen-bond donors (Lipinski definition) is 1. The highest BCUT2D eigenvalue weighted by Gasteiger charge is 2.30. The van der Waals surface area contributed by atoms with Crippen LogP contribution in [0.15, 0.2) is 41.0 Å². The highest BCUT2D eigenvalue weighted by molar-refractivity contribution is 9.10. The molecule has 3 rings (SSSR count). The van der Waals surface area contributed by atoms with Crippen molar-refractivity contribution >= 4 is 15.9 Å². The number of pyridine rings is 1. The molecule has 1 aliphatic rings. The Morgan fingerprint density at radius 2 is 2.25 bits per heavy atom. The van der Waals surface area contributed by atoms with E-state index in [1.807, 2.05) is 30.5 Å². The van der Waals surface area contributed by atoms with Crippen molar-refractivity contribution in [1.29, 1.82) is 0 Å². The number of benzene rings is 1. The summed E-state index contributed by atoms with van der Waals surface area (Å²) in [5, 5.41) is 0. The van der Waals surface area contributed by atoms with Gasteiger partial charge in [0.25, 0.3) is 0 Å². The maximum Gasteiger partial charge on any atom is 0.119 e. The predicted molar refractivity (Wildman–Crippen MR) is 82.9 cm³/mol. The van der Waals surface area contributed by atoms with E-state index in [1.165, 1.54) is 5.56 Å². The van der Waals surface area contributed by atoms with Crippen molar-refractivity contribution in [3.63, 3.8) is 0 Å². The van der Waals surface area contributed by atoms with E-state index in [4.69, 9.17) is 10.5 Å². The normalized spacial score (nSPS) is 18.6. The summed E-state index contributed by atoms with van der Waals surface area (Å²) in [6.07, 6.45) is 3.96. The van der Waals surface area contributed by atoms with E-state index < -0.39 is 0 Å².